The first kappa shape index (κ1) is 13.1. The molecule has 1 unspecified atom stereocenters. The van der Waals surface area contributed by atoms with Crippen molar-refractivity contribution >= 4 is 11.9 Å². The van der Waals surface area contributed by atoms with Gasteiger partial charge in [-0.25, -0.2) is 9.78 Å². The summed E-state index contributed by atoms with van der Waals surface area (Å²) in [5.74, 6) is 0.850. The lowest BCUT2D eigenvalue weighted by atomic mass is 10.1. The number of carbonyl (C=O) groups excluding carboxylic acids is 2. The van der Waals surface area contributed by atoms with Crippen molar-refractivity contribution < 1.29 is 9.59 Å². The number of amides is 3. The SMILES string of the molecule is Cc1nc(CN2C(=O)C(C)N(C)C2=O)c2n1CCCC2. The number of urea groups is 1. The van der Waals surface area contributed by atoms with E-state index in [4.69, 9.17) is 0 Å². The van der Waals surface area contributed by atoms with Crippen LogP contribution in [-0.4, -0.2) is 44.4 Å². The molecule has 2 aliphatic rings. The zero-order chi connectivity index (χ0) is 14.4. The van der Waals surface area contributed by atoms with E-state index in [1.807, 2.05) is 6.92 Å². The largest absolute Gasteiger partial charge is 0.332 e. The highest BCUT2D eigenvalue weighted by molar-refractivity contribution is 6.03. The van der Waals surface area contributed by atoms with Crippen LogP contribution in [0, 0.1) is 6.92 Å². The summed E-state index contributed by atoms with van der Waals surface area (Å²) in [5, 5.41) is 0. The van der Waals surface area contributed by atoms with Gasteiger partial charge >= 0.3 is 6.03 Å². The zero-order valence-corrected chi connectivity index (χ0v) is 12.2. The van der Waals surface area contributed by atoms with E-state index < -0.39 is 0 Å². The number of nitrogens with zero attached hydrogens (tertiary/aromatic N) is 4. The van der Waals surface area contributed by atoms with E-state index in [9.17, 15) is 9.59 Å². The second kappa shape index (κ2) is 4.61. The fraction of sp³-hybridized carbons (Fsp3) is 0.643. The maximum Gasteiger partial charge on any atom is 0.327 e. The fourth-order valence-electron chi connectivity index (χ4n) is 3.07. The molecule has 1 atom stereocenters. The van der Waals surface area contributed by atoms with Crippen molar-refractivity contribution in [2.75, 3.05) is 7.05 Å². The highest BCUT2D eigenvalue weighted by Crippen LogP contribution is 2.24. The Balaban J connectivity index is 1.89. The summed E-state index contributed by atoms with van der Waals surface area (Å²) in [4.78, 5) is 31.6. The van der Waals surface area contributed by atoms with Crippen LogP contribution >= 0.6 is 0 Å². The molecular formula is C14H20N4O2. The van der Waals surface area contributed by atoms with Crippen LogP contribution in [0.1, 0.15) is 37.0 Å². The molecule has 0 bridgehead atoms. The minimum absolute atomic E-state index is 0.132. The van der Waals surface area contributed by atoms with Gasteiger partial charge in [-0.2, -0.15) is 0 Å². The standard InChI is InChI=1S/C14H20N4O2/c1-9-13(19)18(14(20)16(9)3)8-11-12-6-4-5-7-17(12)10(2)15-11/h9H,4-8H2,1-3H3. The van der Waals surface area contributed by atoms with Crippen molar-refractivity contribution in [1.29, 1.82) is 0 Å². The average molecular weight is 276 g/mol. The van der Waals surface area contributed by atoms with Gasteiger partial charge in [-0.15, -0.1) is 0 Å². The lowest BCUT2D eigenvalue weighted by Gasteiger charge is -2.18. The number of imidazole rings is 1. The Labute approximate surface area is 118 Å². The van der Waals surface area contributed by atoms with Crippen molar-refractivity contribution in [2.45, 2.75) is 52.2 Å². The van der Waals surface area contributed by atoms with E-state index >= 15 is 0 Å². The van der Waals surface area contributed by atoms with Crippen molar-refractivity contribution in [3.8, 4) is 0 Å². The molecule has 3 rings (SSSR count). The van der Waals surface area contributed by atoms with Gasteiger partial charge in [-0.05, 0) is 33.1 Å². The molecule has 108 valence electrons. The summed E-state index contributed by atoms with van der Waals surface area (Å²) < 4.78 is 2.22. The van der Waals surface area contributed by atoms with Crippen LogP contribution < -0.4 is 0 Å². The van der Waals surface area contributed by atoms with E-state index in [1.54, 1.807) is 14.0 Å². The van der Waals surface area contributed by atoms with Crippen LogP contribution in [0.5, 0.6) is 0 Å². The highest BCUT2D eigenvalue weighted by atomic mass is 16.2. The van der Waals surface area contributed by atoms with Crippen LogP contribution in [-0.2, 0) is 24.3 Å². The van der Waals surface area contributed by atoms with E-state index in [0.29, 0.717) is 6.54 Å². The first-order chi connectivity index (χ1) is 9.50. The number of rotatable bonds is 2. The molecule has 3 heterocycles. The second-order valence-corrected chi connectivity index (χ2v) is 5.65. The minimum Gasteiger partial charge on any atom is -0.332 e. The molecule has 0 spiro atoms. The average Bonchev–Trinajstić information content (AvgIpc) is 2.86. The maximum atomic E-state index is 12.1. The fourth-order valence-corrected chi connectivity index (χ4v) is 3.07. The van der Waals surface area contributed by atoms with Gasteiger partial charge in [0, 0.05) is 19.3 Å². The first-order valence-corrected chi connectivity index (χ1v) is 7.13. The molecule has 3 amide bonds. The molecule has 0 N–H and O–H groups in total. The Morgan fingerprint density at radius 3 is 2.70 bits per heavy atom. The molecule has 1 aromatic heterocycles. The smallest absolute Gasteiger partial charge is 0.327 e. The molecule has 1 fully saturated rings. The third kappa shape index (κ3) is 1.82. The van der Waals surface area contributed by atoms with E-state index in [2.05, 4.69) is 9.55 Å². The second-order valence-electron chi connectivity index (χ2n) is 5.65. The summed E-state index contributed by atoms with van der Waals surface area (Å²) in [5.41, 5.74) is 2.07. The van der Waals surface area contributed by atoms with Crippen molar-refractivity contribution in [3.63, 3.8) is 0 Å². The van der Waals surface area contributed by atoms with Gasteiger partial charge in [0.2, 0.25) is 0 Å². The molecular weight excluding hydrogens is 256 g/mol. The van der Waals surface area contributed by atoms with Crippen LogP contribution in [0.2, 0.25) is 0 Å². The van der Waals surface area contributed by atoms with Gasteiger partial charge in [-0.3, -0.25) is 9.69 Å². The predicted molar refractivity (Wildman–Crippen MR) is 73.1 cm³/mol. The van der Waals surface area contributed by atoms with Crippen molar-refractivity contribution in [2.24, 2.45) is 0 Å². The van der Waals surface area contributed by atoms with Crippen molar-refractivity contribution in [3.05, 3.63) is 17.2 Å². The number of aromatic nitrogens is 2. The monoisotopic (exact) mass is 276 g/mol. The van der Waals surface area contributed by atoms with E-state index in [-0.39, 0.29) is 18.0 Å². The molecule has 0 radical (unpaired) electrons. The minimum atomic E-state index is -0.373. The number of carbonyl (C=O) groups is 2. The van der Waals surface area contributed by atoms with E-state index in [0.717, 1.165) is 30.9 Å². The van der Waals surface area contributed by atoms with Gasteiger partial charge in [-0.1, -0.05) is 0 Å². The quantitative estimate of drug-likeness (QED) is 0.765. The van der Waals surface area contributed by atoms with Gasteiger partial charge in [0.1, 0.15) is 11.9 Å². The summed E-state index contributed by atoms with van der Waals surface area (Å²) >= 11 is 0. The molecule has 1 aromatic rings. The molecule has 0 aromatic carbocycles. The molecule has 1 saturated heterocycles. The van der Waals surface area contributed by atoms with Crippen LogP contribution in [0.15, 0.2) is 0 Å². The maximum absolute atomic E-state index is 12.1. The third-order valence-electron chi connectivity index (χ3n) is 4.44. The summed E-state index contributed by atoms with van der Waals surface area (Å²) in [6, 6.07) is -0.597. The Morgan fingerprint density at radius 1 is 1.30 bits per heavy atom. The Kier molecular flexibility index (Phi) is 3.03. The lowest BCUT2D eigenvalue weighted by Crippen LogP contribution is -2.31. The van der Waals surface area contributed by atoms with Crippen molar-refractivity contribution in [1.82, 2.24) is 19.4 Å². The van der Waals surface area contributed by atoms with Gasteiger partial charge in [0.15, 0.2) is 0 Å². The van der Waals surface area contributed by atoms with Crippen LogP contribution in [0.3, 0.4) is 0 Å². The van der Waals surface area contributed by atoms with Gasteiger partial charge < -0.3 is 9.47 Å². The third-order valence-corrected chi connectivity index (χ3v) is 4.44. The molecule has 6 nitrogen and oxygen atoms in total. The van der Waals surface area contributed by atoms with Gasteiger partial charge in [0.05, 0.1) is 12.2 Å². The Hall–Kier alpha value is -1.85. The molecule has 0 saturated carbocycles. The first-order valence-electron chi connectivity index (χ1n) is 7.13. The molecule has 0 aliphatic carbocycles. The summed E-state index contributed by atoms with van der Waals surface area (Å²) in [6.45, 7) is 5.04. The topological polar surface area (TPSA) is 58.4 Å². The predicted octanol–water partition coefficient (Wildman–Crippen LogP) is 1.31. The number of fused-ring (bicyclic) bond motifs is 1. The number of aryl methyl sites for hydroxylation is 1. The molecule has 2 aliphatic heterocycles. The normalized spacial score (nSPS) is 22.6. The number of hydrogen-bond donors (Lipinski definition) is 0. The zero-order valence-electron chi connectivity index (χ0n) is 12.2. The number of imide groups is 1. The number of hydrogen-bond acceptors (Lipinski definition) is 3. The summed E-state index contributed by atoms with van der Waals surface area (Å²) in [7, 11) is 1.67. The Bertz CT molecular complexity index is 558. The lowest BCUT2D eigenvalue weighted by molar-refractivity contribution is -0.128. The summed E-state index contributed by atoms with van der Waals surface area (Å²) in [6.07, 6.45) is 3.30. The Morgan fingerprint density at radius 2 is 2.05 bits per heavy atom. The molecule has 6 heteroatoms. The van der Waals surface area contributed by atoms with Crippen LogP contribution in [0.25, 0.3) is 0 Å². The van der Waals surface area contributed by atoms with Gasteiger partial charge in [0.25, 0.3) is 5.91 Å². The van der Waals surface area contributed by atoms with E-state index in [1.165, 1.54) is 21.9 Å². The molecule has 20 heavy (non-hydrogen) atoms. The number of likely N-dealkylation sites (N-methyl/N-ethyl adjacent to an activating group) is 1. The highest BCUT2D eigenvalue weighted by Gasteiger charge is 2.40. The van der Waals surface area contributed by atoms with Crippen LogP contribution in [0.4, 0.5) is 4.79 Å².